The van der Waals surface area contributed by atoms with Gasteiger partial charge >= 0.3 is 0 Å². The van der Waals surface area contributed by atoms with Gasteiger partial charge in [-0.05, 0) is 32.5 Å². The fourth-order valence-corrected chi connectivity index (χ4v) is 1.93. The molecule has 0 aromatic heterocycles. The maximum Gasteiger partial charge on any atom is 0.0558 e. The molecule has 0 amide bonds. The highest BCUT2D eigenvalue weighted by Gasteiger charge is 2.06. The van der Waals surface area contributed by atoms with E-state index in [1.165, 1.54) is 0 Å². The SMILES string of the molecule is C.C.CCCN(CCO)CCCN(CCO)CCO. The Hall–Kier alpha value is -0.200. The van der Waals surface area contributed by atoms with E-state index in [1.807, 2.05) is 0 Å². The summed E-state index contributed by atoms with van der Waals surface area (Å²) in [5.74, 6) is 0. The van der Waals surface area contributed by atoms with E-state index in [2.05, 4.69) is 16.7 Å². The summed E-state index contributed by atoms with van der Waals surface area (Å²) < 4.78 is 0. The van der Waals surface area contributed by atoms with E-state index >= 15 is 0 Å². The van der Waals surface area contributed by atoms with Crippen molar-refractivity contribution in [3.63, 3.8) is 0 Å². The van der Waals surface area contributed by atoms with Crippen LogP contribution >= 0.6 is 0 Å². The van der Waals surface area contributed by atoms with Gasteiger partial charge in [-0.25, -0.2) is 0 Å². The lowest BCUT2D eigenvalue weighted by Gasteiger charge is -2.24. The molecule has 0 spiro atoms. The summed E-state index contributed by atoms with van der Waals surface area (Å²) in [4.78, 5) is 4.30. The maximum atomic E-state index is 8.92. The van der Waals surface area contributed by atoms with Crippen LogP contribution in [0.15, 0.2) is 0 Å². The predicted molar refractivity (Wildman–Crippen MR) is 82.5 cm³/mol. The van der Waals surface area contributed by atoms with Crippen LogP contribution in [-0.2, 0) is 0 Å². The molecule has 0 fully saturated rings. The van der Waals surface area contributed by atoms with Gasteiger partial charge in [-0.15, -0.1) is 0 Å². The Labute approximate surface area is 119 Å². The van der Waals surface area contributed by atoms with Crippen molar-refractivity contribution in [3.05, 3.63) is 0 Å². The van der Waals surface area contributed by atoms with Crippen LogP contribution in [0.3, 0.4) is 0 Å². The minimum absolute atomic E-state index is 0. The zero-order valence-electron chi connectivity index (χ0n) is 11.0. The van der Waals surface area contributed by atoms with Gasteiger partial charge in [0.15, 0.2) is 0 Å². The summed E-state index contributed by atoms with van der Waals surface area (Å²) >= 11 is 0. The van der Waals surface area contributed by atoms with Crippen LogP contribution in [0.4, 0.5) is 0 Å². The fraction of sp³-hybridized carbons (Fsp3) is 1.00. The average Bonchev–Trinajstić information content (AvgIpc) is 2.30. The highest BCUT2D eigenvalue weighted by Crippen LogP contribution is 1.97. The molecule has 0 radical (unpaired) electrons. The number of hydrogen-bond donors (Lipinski definition) is 3. The van der Waals surface area contributed by atoms with Crippen LogP contribution in [-0.4, -0.2) is 84.2 Å². The average molecular weight is 280 g/mol. The molecule has 0 unspecified atom stereocenters. The van der Waals surface area contributed by atoms with Crippen LogP contribution in [0.2, 0.25) is 0 Å². The molecule has 0 rings (SSSR count). The van der Waals surface area contributed by atoms with Crippen molar-refractivity contribution in [3.8, 4) is 0 Å². The van der Waals surface area contributed by atoms with Crippen LogP contribution in [0.1, 0.15) is 34.6 Å². The molecule has 0 atom stereocenters. The van der Waals surface area contributed by atoms with Crippen molar-refractivity contribution in [1.29, 1.82) is 0 Å². The van der Waals surface area contributed by atoms with Crippen molar-refractivity contribution in [2.24, 2.45) is 0 Å². The maximum absolute atomic E-state index is 8.92. The van der Waals surface area contributed by atoms with E-state index < -0.39 is 0 Å². The Balaban J connectivity index is -0.00000128. The Morgan fingerprint density at radius 1 is 0.632 bits per heavy atom. The molecule has 0 aliphatic carbocycles. The molecule has 5 nitrogen and oxygen atoms in total. The first-order valence-electron chi connectivity index (χ1n) is 6.55. The smallest absolute Gasteiger partial charge is 0.0558 e. The second kappa shape index (κ2) is 17.8. The van der Waals surface area contributed by atoms with E-state index in [0.717, 1.165) is 39.0 Å². The van der Waals surface area contributed by atoms with E-state index in [4.69, 9.17) is 15.3 Å². The molecule has 0 saturated carbocycles. The summed E-state index contributed by atoms with van der Waals surface area (Å²) in [6, 6.07) is 0. The van der Waals surface area contributed by atoms with Crippen molar-refractivity contribution < 1.29 is 15.3 Å². The van der Waals surface area contributed by atoms with Crippen LogP contribution in [0.5, 0.6) is 0 Å². The van der Waals surface area contributed by atoms with Crippen LogP contribution in [0.25, 0.3) is 0 Å². The van der Waals surface area contributed by atoms with Gasteiger partial charge in [0.1, 0.15) is 0 Å². The van der Waals surface area contributed by atoms with Gasteiger partial charge in [0.2, 0.25) is 0 Å². The molecule has 0 aliphatic heterocycles. The normalized spacial score (nSPS) is 10.4. The Morgan fingerprint density at radius 3 is 1.32 bits per heavy atom. The third kappa shape index (κ3) is 14.0. The summed E-state index contributed by atoms with van der Waals surface area (Å²) in [5.41, 5.74) is 0. The van der Waals surface area contributed by atoms with E-state index in [0.29, 0.717) is 13.1 Å². The van der Waals surface area contributed by atoms with Crippen molar-refractivity contribution in [2.75, 3.05) is 59.1 Å². The summed E-state index contributed by atoms with van der Waals surface area (Å²) in [6.45, 7) is 7.43. The molecule has 0 aromatic carbocycles. The molecule has 5 heteroatoms. The lowest BCUT2D eigenvalue weighted by atomic mass is 10.3. The quantitative estimate of drug-likeness (QED) is 0.489. The number of aliphatic hydroxyl groups excluding tert-OH is 3. The Morgan fingerprint density at radius 2 is 1.00 bits per heavy atom. The zero-order chi connectivity index (χ0) is 12.9. The third-order valence-corrected chi connectivity index (χ3v) is 2.74. The highest BCUT2D eigenvalue weighted by atomic mass is 16.3. The second-order valence-corrected chi connectivity index (χ2v) is 4.21. The summed E-state index contributed by atoms with van der Waals surface area (Å²) in [5, 5.41) is 26.7. The van der Waals surface area contributed by atoms with Crippen LogP contribution in [0, 0.1) is 0 Å². The monoisotopic (exact) mass is 280 g/mol. The summed E-state index contributed by atoms with van der Waals surface area (Å²) in [6.07, 6.45) is 2.09. The van der Waals surface area contributed by atoms with Gasteiger partial charge in [0.05, 0.1) is 19.8 Å². The van der Waals surface area contributed by atoms with E-state index in [9.17, 15) is 0 Å². The number of hydrogen-bond acceptors (Lipinski definition) is 5. The van der Waals surface area contributed by atoms with Gasteiger partial charge in [-0.1, -0.05) is 21.8 Å². The molecule has 0 heterocycles. The number of aliphatic hydroxyl groups is 3. The number of nitrogens with zero attached hydrogens (tertiary/aromatic N) is 2. The van der Waals surface area contributed by atoms with Gasteiger partial charge in [-0.2, -0.15) is 0 Å². The largest absolute Gasteiger partial charge is 0.395 e. The molecule has 19 heavy (non-hydrogen) atoms. The summed E-state index contributed by atoms with van der Waals surface area (Å²) in [7, 11) is 0. The highest BCUT2D eigenvalue weighted by molar-refractivity contribution is 4.61. The van der Waals surface area contributed by atoms with Gasteiger partial charge in [0.25, 0.3) is 0 Å². The standard InChI is InChI=1S/C12H28N2O3.2CH4/c1-2-4-13(7-10-15)5-3-6-14(8-11-16)9-12-17;;/h15-17H,2-12H2,1H3;2*1H4. The van der Waals surface area contributed by atoms with E-state index in [-0.39, 0.29) is 34.7 Å². The minimum atomic E-state index is 0. The Bertz CT molecular complexity index is 132. The molecule has 0 aromatic rings. The minimum Gasteiger partial charge on any atom is -0.395 e. The van der Waals surface area contributed by atoms with Gasteiger partial charge in [0, 0.05) is 19.6 Å². The zero-order valence-corrected chi connectivity index (χ0v) is 11.0. The first-order chi connectivity index (χ1) is 8.28. The molecule has 0 aliphatic rings. The molecule has 3 N–H and O–H groups in total. The third-order valence-electron chi connectivity index (χ3n) is 2.74. The first-order valence-corrected chi connectivity index (χ1v) is 6.55. The number of rotatable bonds is 12. The topological polar surface area (TPSA) is 67.2 Å². The molecule has 0 bridgehead atoms. The molecular formula is C14H36N2O3. The van der Waals surface area contributed by atoms with Crippen molar-refractivity contribution in [1.82, 2.24) is 9.80 Å². The Kier molecular flexibility index (Phi) is 22.4. The van der Waals surface area contributed by atoms with Gasteiger partial charge in [-0.3, -0.25) is 4.90 Å². The molecular weight excluding hydrogens is 244 g/mol. The lowest BCUT2D eigenvalue weighted by Crippen LogP contribution is -2.34. The molecule has 120 valence electrons. The fourth-order valence-electron chi connectivity index (χ4n) is 1.93. The second-order valence-electron chi connectivity index (χ2n) is 4.21. The van der Waals surface area contributed by atoms with Crippen molar-refractivity contribution in [2.45, 2.75) is 34.6 Å². The van der Waals surface area contributed by atoms with Crippen LogP contribution < -0.4 is 0 Å². The van der Waals surface area contributed by atoms with Gasteiger partial charge < -0.3 is 20.2 Å². The first kappa shape index (κ1) is 23.9. The molecule has 0 saturated heterocycles. The van der Waals surface area contributed by atoms with Crippen molar-refractivity contribution >= 4 is 0 Å². The lowest BCUT2D eigenvalue weighted by molar-refractivity contribution is 0.148. The van der Waals surface area contributed by atoms with E-state index in [1.54, 1.807) is 0 Å². The predicted octanol–water partition coefficient (Wildman–Crippen LogP) is 0.640.